The van der Waals surface area contributed by atoms with Crippen LogP contribution < -0.4 is 16.0 Å². The molecule has 6 nitrogen and oxygen atoms in total. The second-order valence-electron chi connectivity index (χ2n) is 4.27. The van der Waals surface area contributed by atoms with E-state index in [2.05, 4.69) is 15.1 Å². The largest absolute Gasteiger partial charge is 0.308 e. The standard InChI is InChI=1S/C13H16N4O2S/c1-10(11-5-3-2-4-6-11)17-20(18,19)12-7-8-15-13(9-12)16-14/h2-10,17H,14H2,1H3,(H,15,16). The Morgan fingerprint density at radius 1 is 1.20 bits per heavy atom. The van der Waals surface area contributed by atoms with Crippen molar-refractivity contribution in [3.8, 4) is 0 Å². The molecule has 2 rings (SSSR count). The van der Waals surface area contributed by atoms with E-state index in [0.29, 0.717) is 5.82 Å². The molecule has 1 heterocycles. The molecule has 0 aliphatic rings. The summed E-state index contributed by atoms with van der Waals surface area (Å²) in [6.45, 7) is 1.79. The lowest BCUT2D eigenvalue weighted by Gasteiger charge is -2.14. The third-order valence-corrected chi connectivity index (χ3v) is 4.36. The molecule has 20 heavy (non-hydrogen) atoms. The molecule has 0 bridgehead atoms. The summed E-state index contributed by atoms with van der Waals surface area (Å²) < 4.78 is 27.2. The molecule has 0 fully saturated rings. The minimum absolute atomic E-state index is 0.114. The number of nitrogen functional groups attached to an aromatic ring is 1. The van der Waals surface area contributed by atoms with Crippen molar-refractivity contribution in [3.05, 3.63) is 54.2 Å². The van der Waals surface area contributed by atoms with Gasteiger partial charge in [-0.15, -0.1) is 0 Å². The predicted octanol–water partition coefficient (Wildman–Crippen LogP) is 1.41. The van der Waals surface area contributed by atoms with Gasteiger partial charge in [0.2, 0.25) is 10.0 Å². The van der Waals surface area contributed by atoms with Crippen molar-refractivity contribution in [1.82, 2.24) is 9.71 Å². The summed E-state index contributed by atoms with van der Waals surface area (Å²) in [5.74, 6) is 5.52. The van der Waals surface area contributed by atoms with Crippen molar-refractivity contribution < 1.29 is 8.42 Å². The smallest absolute Gasteiger partial charge is 0.241 e. The van der Waals surface area contributed by atoms with Gasteiger partial charge >= 0.3 is 0 Å². The van der Waals surface area contributed by atoms with Gasteiger partial charge in [0.25, 0.3) is 0 Å². The number of pyridine rings is 1. The van der Waals surface area contributed by atoms with Crippen LogP contribution in [0.15, 0.2) is 53.6 Å². The fourth-order valence-corrected chi connectivity index (χ4v) is 3.01. The van der Waals surface area contributed by atoms with Crippen molar-refractivity contribution in [3.63, 3.8) is 0 Å². The van der Waals surface area contributed by atoms with Gasteiger partial charge in [-0.2, -0.15) is 0 Å². The molecular formula is C13H16N4O2S. The number of benzene rings is 1. The number of aromatic nitrogens is 1. The van der Waals surface area contributed by atoms with Gasteiger partial charge in [0.15, 0.2) is 0 Å². The normalized spacial score (nSPS) is 12.9. The Morgan fingerprint density at radius 2 is 1.90 bits per heavy atom. The fraction of sp³-hybridized carbons (Fsp3) is 0.154. The first kappa shape index (κ1) is 14.4. The minimum Gasteiger partial charge on any atom is -0.308 e. The molecule has 0 saturated heterocycles. The van der Waals surface area contributed by atoms with Crippen LogP contribution in [0, 0.1) is 0 Å². The zero-order chi connectivity index (χ0) is 14.6. The third-order valence-electron chi connectivity index (χ3n) is 2.82. The Bertz CT molecular complexity index is 674. The highest BCUT2D eigenvalue weighted by atomic mass is 32.2. The summed E-state index contributed by atoms with van der Waals surface area (Å²) in [6, 6.07) is 11.8. The fourth-order valence-electron chi connectivity index (χ4n) is 1.77. The number of sulfonamides is 1. The van der Waals surface area contributed by atoms with Crippen LogP contribution in [0.2, 0.25) is 0 Å². The van der Waals surface area contributed by atoms with Crippen molar-refractivity contribution in [2.45, 2.75) is 17.9 Å². The molecule has 1 aromatic carbocycles. The molecule has 1 atom stereocenters. The van der Waals surface area contributed by atoms with Gasteiger partial charge in [0.05, 0.1) is 4.90 Å². The average Bonchev–Trinajstić information content (AvgIpc) is 2.48. The molecule has 0 aliphatic carbocycles. The average molecular weight is 292 g/mol. The summed E-state index contributed by atoms with van der Waals surface area (Å²) in [4.78, 5) is 3.99. The maximum Gasteiger partial charge on any atom is 0.241 e. The van der Waals surface area contributed by atoms with Gasteiger partial charge in [0.1, 0.15) is 5.82 Å². The molecule has 0 amide bonds. The zero-order valence-electron chi connectivity index (χ0n) is 10.9. The van der Waals surface area contributed by atoms with Crippen LogP contribution in [-0.2, 0) is 10.0 Å². The lowest BCUT2D eigenvalue weighted by Crippen LogP contribution is -2.27. The highest BCUT2D eigenvalue weighted by molar-refractivity contribution is 7.89. The summed E-state index contributed by atoms with van der Waals surface area (Å²) >= 11 is 0. The van der Waals surface area contributed by atoms with E-state index in [1.165, 1.54) is 18.3 Å². The van der Waals surface area contributed by atoms with Gasteiger partial charge in [-0.05, 0) is 18.6 Å². The number of hydrogen-bond acceptors (Lipinski definition) is 5. The molecular weight excluding hydrogens is 276 g/mol. The van der Waals surface area contributed by atoms with Gasteiger partial charge in [-0.1, -0.05) is 30.3 Å². The Hall–Kier alpha value is -1.96. The highest BCUT2D eigenvalue weighted by Gasteiger charge is 2.18. The van der Waals surface area contributed by atoms with E-state index in [1.807, 2.05) is 30.3 Å². The topological polar surface area (TPSA) is 97.1 Å². The SMILES string of the molecule is CC(NS(=O)(=O)c1ccnc(NN)c1)c1ccccc1. The molecule has 0 aliphatic heterocycles. The van der Waals surface area contributed by atoms with Crippen LogP contribution in [0.1, 0.15) is 18.5 Å². The van der Waals surface area contributed by atoms with E-state index in [-0.39, 0.29) is 10.9 Å². The van der Waals surface area contributed by atoms with Gasteiger partial charge < -0.3 is 5.43 Å². The summed E-state index contributed by atoms with van der Waals surface area (Å²) in [5, 5.41) is 0. The van der Waals surface area contributed by atoms with E-state index in [0.717, 1.165) is 5.56 Å². The van der Waals surface area contributed by atoms with Crippen LogP contribution in [-0.4, -0.2) is 13.4 Å². The molecule has 1 unspecified atom stereocenters. The monoisotopic (exact) mass is 292 g/mol. The Kier molecular flexibility index (Phi) is 4.33. The van der Waals surface area contributed by atoms with Crippen LogP contribution in [0.5, 0.6) is 0 Å². The van der Waals surface area contributed by atoms with Crippen LogP contribution in [0.3, 0.4) is 0 Å². The number of nitrogens with one attached hydrogen (secondary N) is 2. The third kappa shape index (κ3) is 3.32. The number of rotatable bonds is 5. The van der Waals surface area contributed by atoms with Crippen LogP contribution in [0.4, 0.5) is 5.82 Å². The second kappa shape index (κ2) is 6.00. The Morgan fingerprint density at radius 3 is 2.55 bits per heavy atom. The van der Waals surface area contributed by atoms with E-state index in [9.17, 15) is 8.42 Å². The number of hydrazine groups is 1. The van der Waals surface area contributed by atoms with Gasteiger partial charge in [-0.3, -0.25) is 0 Å². The first-order valence-electron chi connectivity index (χ1n) is 6.03. The molecule has 2 aromatic rings. The summed E-state index contributed by atoms with van der Waals surface area (Å²) in [5.41, 5.74) is 3.21. The van der Waals surface area contributed by atoms with E-state index >= 15 is 0 Å². The van der Waals surface area contributed by atoms with Gasteiger partial charge in [0, 0.05) is 18.3 Å². The lowest BCUT2D eigenvalue weighted by atomic mass is 10.1. The lowest BCUT2D eigenvalue weighted by molar-refractivity contribution is 0.567. The molecule has 106 valence electrons. The van der Waals surface area contributed by atoms with Crippen molar-refractivity contribution in [2.75, 3.05) is 5.43 Å². The maximum absolute atomic E-state index is 12.3. The van der Waals surface area contributed by atoms with Gasteiger partial charge in [-0.25, -0.2) is 24.0 Å². The molecule has 0 radical (unpaired) electrons. The van der Waals surface area contributed by atoms with Crippen molar-refractivity contribution in [1.29, 1.82) is 0 Å². The van der Waals surface area contributed by atoms with Crippen LogP contribution >= 0.6 is 0 Å². The Balaban J connectivity index is 2.23. The first-order valence-corrected chi connectivity index (χ1v) is 7.51. The first-order chi connectivity index (χ1) is 9.53. The maximum atomic E-state index is 12.3. The van der Waals surface area contributed by atoms with E-state index in [4.69, 9.17) is 5.84 Å². The zero-order valence-corrected chi connectivity index (χ0v) is 11.8. The molecule has 7 heteroatoms. The van der Waals surface area contributed by atoms with Crippen LogP contribution in [0.25, 0.3) is 0 Å². The minimum atomic E-state index is -3.63. The predicted molar refractivity (Wildman–Crippen MR) is 77.2 cm³/mol. The molecule has 0 saturated carbocycles. The number of hydrogen-bond donors (Lipinski definition) is 3. The number of nitrogens with two attached hydrogens (primary N) is 1. The number of anilines is 1. The molecule has 4 N–H and O–H groups in total. The van der Waals surface area contributed by atoms with E-state index < -0.39 is 10.0 Å². The van der Waals surface area contributed by atoms with E-state index in [1.54, 1.807) is 6.92 Å². The van der Waals surface area contributed by atoms with Crippen molar-refractivity contribution >= 4 is 15.8 Å². The summed E-state index contributed by atoms with van der Waals surface area (Å²) in [6.07, 6.45) is 1.39. The number of nitrogens with zero attached hydrogens (tertiary/aromatic N) is 1. The summed E-state index contributed by atoms with van der Waals surface area (Å²) in [7, 11) is -3.63. The second-order valence-corrected chi connectivity index (χ2v) is 5.99. The van der Waals surface area contributed by atoms with Crippen molar-refractivity contribution in [2.24, 2.45) is 5.84 Å². The quantitative estimate of drug-likeness (QED) is 0.572. The highest BCUT2D eigenvalue weighted by Crippen LogP contribution is 2.17. The molecule has 0 spiro atoms. The Labute approximate surface area is 118 Å². The molecule has 1 aromatic heterocycles.